The summed E-state index contributed by atoms with van der Waals surface area (Å²) in [5, 5.41) is 20.0. The molecule has 212 valence electrons. The van der Waals surface area contributed by atoms with Gasteiger partial charge in [0.15, 0.2) is 5.78 Å². The third kappa shape index (κ3) is 7.47. The van der Waals surface area contributed by atoms with E-state index >= 15 is 0 Å². The summed E-state index contributed by atoms with van der Waals surface area (Å²) >= 11 is 0. The van der Waals surface area contributed by atoms with Crippen LogP contribution in [0.2, 0.25) is 0 Å². The highest BCUT2D eigenvalue weighted by molar-refractivity contribution is 8.93. The molecule has 2 N–H and O–H groups in total. The number of hydrogen-bond acceptors (Lipinski definition) is 5. The van der Waals surface area contributed by atoms with E-state index in [-0.39, 0.29) is 63.6 Å². The van der Waals surface area contributed by atoms with Crippen LogP contribution in [-0.2, 0) is 15.6 Å². The third-order valence-corrected chi connectivity index (χ3v) is 7.50. The monoisotopic (exact) mass is 597 g/mol. The molecule has 1 fully saturated rings. The fourth-order valence-corrected chi connectivity index (χ4v) is 5.34. The van der Waals surface area contributed by atoms with Crippen molar-refractivity contribution >= 4 is 40.5 Å². The van der Waals surface area contributed by atoms with Gasteiger partial charge in [0.2, 0.25) is 0 Å². The van der Waals surface area contributed by atoms with Crippen molar-refractivity contribution < 1.29 is 19.4 Å². The molecule has 0 saturated heterocycles. The molecule has 2 aromatic carbocycles. The van der Waals surface area contributed by atoms with Crippen molar-refractivity contribution in [3.05, 3.63) is 69.8 Å². The number of nitrogens with one attached hydrogen (secondary N) is 1. The maximum atomic E-state index is 13.6. The van der Waals surface area contributed by atoms with E-state index in [1.165, 1.54) is 7.11 Å². The normalized spacial score (nSPS) is 18.7. The molecule has 5 nitrogen and oxygen atoms in total. The zero-order valence-corrected chi connectivity index (χ0v) is 26.3. The molecule has 3 rings (SSSR count). The summed E-state index contributed by atoms with van der Waals surface area (Å²) in [5.41, 5.74) is 4.44. The molecule has 2 unspecified atom stereocenters. The first-order valence-corrected chi connectivity index (χ1v) is 13.6. The second-order valence-corrected chi connectivity index (χ2v) is 12.6. The average molecular weight is 599 g/mol. The van der Waals surface area contributed by atoms with Crippen LogP contribution in [0.3, 0.4) is 0 Å². The van der Waals surface area contributed by atoms with Crippen LogP contribution in [-0.4, -0.2) is 29.7 Å². The zero-order valence-electron chi connectivity index (χ0n) is 24.6. The minimum Gasteiger partial charge on any atom is -0.507 e. The van der Waals surface area contributed by atoms with Gasteiger partial charge in [-0.3, -0.25) is 4.79 Å². The van der Waals surface area contributed by atoms with Gasteiger partial charge >= 0.3 is 5.97 Å². The predicted octanol–water partition coefficient (Wildman–Crippen LogP) is 8.46. The quantitative estimate of drug-likeness (QED) is 0.247. The third-order valence-electron chi connectivity index (χ3n) is 7.50. The lowest BCUT2D eigenvalue weighted by Gasteiger charge is -2.28. The van der Waals surface area contributed by atoms with Crippen molar-refractivity contribution in [1.29, 1.82) is 5.41 Å². The minimum absolute atomic E-state index is 0. The van der Waals surface area contributed by atoms with Gasteiger partial charge in [-0.1, -0.05) is 67.0 Å². The topological polar surface area (TPSA) is 87.5 Å². The molecule has 0 bridgehead atoms. The van der Waals surface area contributed by atoms with E-state index in [1.54, 1.807) is 12.1 Å². The SMILES string of the molecule is Br.CCCC1CC(CC(=O)c2cc(C(C)(C)C)c(O)c(C(C)(C)C)c2)C(=N)/C1=C/c1ccc(C(=O)OC)cc1. The summed E-state index contributed by atoms with van der Waals surface area (Å²) in [6.45, 7) is 14.4. The van der Waals surface area contributed by atoms with Gasteiger partial charge in [-0.25, -0.2) is 4.79 Å². The molecule has 1 saturated carbocycles. The Balaban J connectivity index is 0.00000533. The summed E-state index contributed by atoms with van der Waals surface area (Å²) < 4.78 is 4.79. The van der Waals surface area contributed by atoms with Crippen molar-refractivity contribution in [3.8, 4) is 5.75 Å². The first-order chi connectivity index (χ1) is 17.7. The van der Waals surface area contributed by atoms with Crippen LogP contribution in [0, 0.1) is 17.2 Å². The van der Waals surface area contributed by atoms with Gasteiger partial charge in [0, 0.05) is 34.7 Å². The number of phenolic OH excluding ortho intramolecular Hbond substituents is 1. The maximum absolute atomic E-state index is 13.6. The van der Waals surface area contributed by atoms with Gasteiger partial charge < -0.3 is 15.3 Å². The second kappa shape index (κ2) is 12.6. The van der Waals surface area contributed by atoms with E-state index in [0.717, 1.165) is 41.5 Å². The Morgan fingerprint density at radius 3 is 1.97 bits per heavy atom. The van der Waals surface area contributed by atoms with Crippen LogP contribution in [0.15, 0.2) is 42.0 Å². The molecule has 1 aliphatic rings. The zero-order chi connectivity index (χ0) is 28.4. The number of carbonyl (C=O) groups excluding carboxylic acids is 2. The summed E-state index contributed by atoms with van der Waals surface area (Å²) in [5.74, 6) is -0.0275. The molecular formula is C33H44BrNO4. The van der Waals surface area contributed by atoms with Crippen molar-refractivity contribution in [3.63, 3.8) is 0 Å². The van der Waals surface area contributed by atoms with E-state index in [4.69, 9.17) is 10.1 Å². The minimum atomic E-state index is -0.376. The number of halogens is 1. The van der Waals surface area contributed by atoms with Crippen LogP contribution in [0.4, 0.5) is 0 Å². The van der Waals surface area contributed by atoms with Crippen LogP contribution in [0.1, 0.15) is 112 Å². The van der Waals surface area contributed by atoms with Gasteiger partial charge in [-0.05, 0) is 71.1 Å². The van der Waals surface area contributed by atoms with E-state index < -0.39 is 0 Å². The van der Waals surface area contributed by atoms with E-state index in [0.29, 0.717) is 16.8 Å². The molecular weight excluding hydrogens is 554 g/mol. The molecule has 6 heteroatoms. The Bertz CT molecular complexity index is 1210. The van der Waals surface area contributed by atoms with Gasteiger partial charge in [0.05, 0.1) is 12.7 Å². The number of benzene rings is 2. The highest BCUT2D eigenvalue weighted by Gasteiger charge is 2.36. The number of carbonyl (C=O) groups is 2. The van der Waals surface area contributed by atoms with Gasteiger partial charge in [-0.15, -0.1) is 17.0 Å². The number of ketones is 1. The number of hydrogen-bond donors (Lipinski definition) is 2. The smallest absolute Gasteiger partial charge is 0.337 e. The average Bonchev–Trinajstić information content (AvgIpc) is 3.11. The Kier molecular flexibility index (Phi) is 10.5. The van der Waals surface area contributed by atoms with Crippen LogP contribution in [0.25, 0.3) is 6.08 Å². The first kappa shape index (κ1) is 32.5. The molecule has 0 spiro atoms. The Morgan fingerprint density at radius 1 is 0.974 bits per heavy atom. The highest BCUT2D eigenvalue weighted by Crippen LogP contribution is 2.42. The maximum Gasteiger partial charge on any atom is 0.337 e. The Morgan fingerprint density at radius 2 is 1.51 bits per heavy atom. The number of rotatable bonds is 7. The van der Waals surface area contributed by atoms with E-state index in [9.17, 15) is 14.7 Å². The number of allylic oxidation sites excluding steroid dienone is 1. The molecule has 0 aliphatic heterocycles. The molecule has 0 amide bonds. The largest absolute Gasteiger partial charge is 0.507 e. The van der Waals surface area contributed by atoms with Gasteiger partial charge in [0.1, 0.15) is 5.75 Å². The van der Waals surface area contributed by atoms with Crippen molar-refractivity contribution in [2.24, 2.45) is 11.8 Å². The van der Waals surface area contributed by atoms with Gasteiger partial charge in [-0.2, -0.15) is 0 Å². The number of methoxy groups -OCH3 is 1. The fourth-order valence-electron chi connectivity index (χ4n) is 5.34. The Labute approximate surface area is 244 Å². The summed E-state index contributed by atoms with van der Waals surface area (Å²) in [4.78, 5) is 25.4. The van der Waals surface area contributed by atoms with Crippen LogP contribution < -0.4 is 0 Å². The van der Waals surface area contributed by atoms with E-state index in [2.05, 4.69) is 6.92 Å². The predicted molar refractivity (Wildman–Crippen MR) is 165 cm³/mol. The summed E-state index contributed by atoms with van der Waals surface area (Å²) in [6.07, 6.45) is 5.04. The van der Waals surface area contributed by atoms with E-state index in [1.807, 2.05) is 71.9 Å². The van der Waals surface area contributed by atoms with Crippen molar-refractivity contribution in [2.45, 2.75) is 85.0 Å². The standard InChI is InChI=1S/C33H43NO4.BrH/c1-9-10-22-16-24(29(34)25(22)15-20-11-13-21(14-12-20)31(37)38-8)19-28(35)23-17-26(32(2,3)4)30(36)27(18-23)33(5,6)7;/h11-15,17-18,22,24,34,36H,9-10,16,19H2,1-8H3;1H/b25-15+,34-29?;. The number of phenols is 1. The molecule has 0 heterocycles. The van der Waals surface area contributed by atoms with Crippen molar-refractivity contribution in [2.75, 3.05) is 7.11 Å². The lowest BCUT2D eigenvalue weighted by atomic mass is 9.77. The molecule has 39 heavy (non-hydrogen) atoms. The number of aromatic hydroxyl groups is 1. The molecule has 0 radical (unpaired) electrons. The molecule has 0 aromatic heterocycles. The Hall–Kier alpha value is -2.73. The van der Waals surface area contributed by atoms with Crippen LogP contribution >= 0.6 is 17.0 Å². The lowest BCUT2D eigenvalue weighted by molar-refractivity contribution is 0.0600. The summed E-state index contributed by atoms with van der Waals surface area (Å²) in [7, 11) is 1.36. The fraction of sp³-hybridized carbons (Fsp3) is 0.485. The molecule has 1 aliphatic carbocycles. The summed E-state index contributed by atoms with van der Waals surface area (Å²) in [6, 6.07) is 10.9. The lowest BCUT2D eigenvalue weighted by Crippen LogP contribution is -2.20. The molecule has 2 aromatic rings. The van der Waals surface area contributed by atoms with Crippen molar-refractivity contribution in [1.82, 2.24) is 0 Å². The number of esters is 1. The number of ether oxygens (including phenoxy) is 1. The molecule has 2 atom stereocenters. The number of Topliss-reactive ketones (excluding diaryl/α,β-unsaturated/α-hetero) is 1. The van der Waals surface area contributed by atoms with Crippen LogP contribution in [0.5, 0.6) is 5.75 Å². The second-order valence-electron chi connectivity index (χ2n) is 12.6. The highest BCUT2D eigenvalue weighted by atomic mass is 79.9. The van der Waals surface area contributed by atoms with Gasteiger partial charge in [0.25, 0.3) is 0 Å². The first-order valence-electron chi connectivity index (χ1n) is 13.6.